The molecule has 2 unspecified atom stereocenters. The molecule has 0 radical (unpaired) electrons. The van der Waals surface area contributed by atoms with E-state index in [2.05, 4.69) is 6.92 Å². The van der Waals surface area contributed by atoms with Crippen LogP contribution in [0.1, 0.15) is 33.1 Å². The maximum atomic E-state index is 10.9. The van der Waals surface area contributed by atoms with Crippen molar-refractivity contribution in [3.8, 4) is 0 Å². The number of allylic oxidation sites excluding steroid dienone is 1. The minimum Gasteiger partial charge on any atom is -0.368 e. The number of hydrogen-bond donors (Lipinski definition) is 1. The number of nitrogens with two attached hydrogens (primary N) is 1. The average Bonchev–Trinajstić information content (AvgIpc) is 2.03. The van der Waals surface area contributed by atoms with Crippen molar-refractivity contribution in [3.63, 3.8) is 0 Å². The summed E-state index contributed by atoms with van der Waals surface area (Å²) in [6, 6.07) is 0. The van der Waals surface area contributed by atoms with Gasteiger partial charge in [-0.15, -0.1) is 11.6 Å². The lowest BCUT2D eigenvalue weighted by atomic mass is 9.82. The Hall–Kier alpha value is -0.500. The van der Waals surface area contributed by atoms with Gasteiger partial charge in [-0.25, -0.2) is 0 Å². The first-order chi connectivity index (χ1) is 6.04. The first-order valence-electron chi connectivity index (χ1n) is 4.67. The predicted octanol–water partition coefficient (Wildman–Crippen LogP) is 2.22. The van der Waals surface area contributed by atoms with Crippen molar-refractivity contribution < 1.29 is 4.79 Å². The van der Waals surface area contributed by atoms with Gasteiger partial charge >= 0.3 is 0 Å². The third kappa shape index (κ3) is 2.25. The number of rotatable bonds is 2. The molecule has 0 aliphatic heterocycles. The molecule has 0 saturated heterocycles. The fourth-order valence-corrected chi connectivity index (χ4v) is 2.41. The molecule has 1 amide bonds. The highest BCUT2D eigenvalue weighted by Gasteiger charge is 2.26. The largest absolute Gasteiger partial charge is 0.368 e. The Morgan fingerprint density at radius 1 is 1.69 bits per heavy atom. The first kappa shape index (κ1) is 10.6. The third-order valence-electron chi connectivity index (χ3n) is 2.74. The van der Waals surface area contributed by atoms with Crippen LogP contribution in [0.2, 0.25) is 0 Å². The van der Waals surface area contributed by atoms with E-state index in [1.165, 1.54) is 12.0 Å². The Kier molecular flexibility index (Phi) is 3.37. The number of carbonyl (C=O) groups excluding carboxylic acids is 1. The highest BCUT2D eigenvalue weighted by Crippen LogP contribution is 2.33. The van der Waals surface area contributed by atoms with E-state index in [9.17, 15) is 4.79 Å². The molecule has 1 rings (SSSR count). The zero-order chi connectivity index (χ0) is 10.0. The summed E-state index contributed by atoms with van der Waals surface area (Å²) in [5.41, 5.74) is 7.49. The van der Waals surface area contributed by atoms with Gasteiger partial charge in [-0.05, 0) is 37.7 Å². The summed E-state index contributed by atoms with van der Waals surface area (Å²) in [6.07, 6.45) is 3.36. The Morgan fingerprint density at radius 2 is 2.31 bits per heavy atom. The Labute approximate surface area is 84.1 Å². The van der Waals surface area contributed by atoms with E-state index >= 15 is 0 Å². The second kappa shape index (κ2) is 4.14. The minimum atomic E-state index is -0.602. The van der Waals surface area contributed by atoms with Gasteiger partial charge in [0.25, 0.3) is 0 Å². The molecule has 2 N–H and O–H groups in total. The van der Waals surface area contributed by atoms with E-state index in [0.717, 1.165) is 18.4 Å². The molecular formula is C10H16ClNO. The van der Waals surface area contributed by atoms with Crippen molar-refractivity contribution in [2.75, 3.05) is 0 Å². The van der Waals surface area contributed by atoms with Gasteiger partial charge in [0.1, 0.15) is 5.38 Å². The highest BCUT2D eigenvalue weighted by molar-refractivity contribution is 6.32. The monoisotopic (exact) mass is 201 g/mol. The van der Waals surface area contributed by atoms with Gasteiger partial charge in [-0.3, -0.25) is 4.79 Å². The van der Waals surface area contributed by atoms with Crippen molar-refractivity contribution >= 4 is 17.5 Å². The molecule has 1 aliphatic rings. The van der Waals surface area contributed by atoms with Crippen molar-refractivity contribution in [1.29, 1.82) is 0 Å². The van der Waals surface area contributed by atoms with E-state index in [1.54, 1.807) is 0 Å². The third-order valence-corrected chi connectivity index (χ3v) is 3.19. The number of primary amides is 1. The second-order valence-corrected chi connectivity index (χ2v) is 4.23. The maximum absolute atomic E-state index is 10.9. The number of halogens is 1. The molecule has 2 atom stereocenters. The van der Waals surface area contributed by atoms with Crippen LogP contribution in [0.15, 0.2) is 11.1 Å². The Balaban J connectivity index is 2.91. The van der Waals surface area contributed by atoms with Gasteiger partial charge in [-0.2, -0.15) is 0 Å². The number of hydrogen-bond acceptors (Lipinski definition) is 1. The molecule has 3 heteroatoms. The van der Waals surface area contributed by atoms with Crippen molar-refractivity contribution in [1.82, 2.24) is 0 Å². The molecule has 0 aromatic heterocycles. The van der Waals surface area contributed by atoms with Gasteiger partial charge in [0.15, 0.2) is 0 Å². The van der Waals surface area contributed by atoms with Crippen LogP contribution >= 0.6 is 11.6 Å². The molecule has 74 valence electrons. The molecule has 0 fully saturated rings. The average molecular weight is 202 g/mol. The van der Waals surface area contributed by atoms with Gasteiger partial charge in [0, 0.05) is 0 Å². The van der Waals surface area contributed by atoms with Gasteiger partial charge in [-0.1, -0.05) is 12.5 Å². The molecule has 0 bridgehead atoms. The van der Waals surface area contributed by atoms with E-state index in [1.807, 2.05) is 6.92 Å². The molecule has 1 aliphatic carbocycles. The van der Waals surface area contributed by atoms with Crippen LogP contribution < -0.4 is 5.73 Å². The molecule has 0 saturated carbocycles. The highest BCUT2D eigenvalue weighted by atomic mass is 35.5. The molecule has 0 aromatic carbocycles. The van der Waals surface area contributed by atoms with Gasteiger partial charge in [0.2, 0.25) is 5.91 Å². The number of carbonyl (C=O) groups is 1. The summed E-state index contributed by atoms with van der Waals surface area (Å²) >= 11 is 5.95. The van der Waals surface area contributed by atoms with Crippen LogP contribution in [0.25, 0.3) is 0 Å². The van der Waals surface area contributed by atoms with Gasteiger partial charge < -0.3 is 5.73 Å². The summed E-state index contributed by atoms with van der Waals surface area (Å²) in [7, 11) is 0. The molecular weight excluding hydrogens is 186 g/mol. The summed E-state index contributed by atoms with van der Waals surface area (Å²) in [4.78, 5) is 10.9. The van der Waals surface area contributed by atoms with Crippen LogP contribution in [0, 0.1) is 5.92 Å². The number of amides is 1. The summed E-state index contributed by atoms with van der Waals surface area (Å²) in [5.74, 6) is -0.0199. The number of alkyl halides is 1. The SMILES string of the molecule is CC1=C(C(Cl)C(N)=O)C(C)CCC1. The quantitative estimate of drug-likeness (QED) is 0.540. The molecule has 13 heavy (non-hydrogen) atoms. The maximum Gasteiger partial charge on any atom is 0.239 e. The van der Waals surface area contributed by atoms with Crippen LogP contribution in [-0.4, -0.2) is 11.3 Å². The van der Waals surface area contributed by atoms with Gasteiger partial charge in [0.05, 0.1) is 0 Å². The lowest BCUT2D eigenvalue weighted by Crippen LogP contribution is -2.29. The zero-order valence-corrected chi connectivity index (χ0v) is 8.90. The van der Waals surface area contributed by atoms with Crippen LogP contribution in [0.3, 0.4) is 0 Å². The van der Waals surface area contributed by atoms with Crippen LogP contribution in [-0.2, 0) is 4.79 Å². The molecule has 0 spiro atoms. The smallest absolute Gasteiger partial charge is 0.239 e. The van der Waals surface area contributed by atoms with Crippen molar-refractivity contribution in [3.05, 3.63) is 11.1 Å². The standard InChI is InChI=1S/C10H16ClNO/c1-6-4-3-5-7(2)8(6)9(11)10(12)13/h6,9H,3-5H2,1-2H3,(H2,12,13). The lowest BCUT2D eigenvalue weighted by Gasteiger charge is -2.26. The Bertz CT molecular complexity index is 247. The van der Waals surface area contributed by atoms with E-state index in [0.29, 0.717) is 5.92 Å². The molecule has 0 heterocycles. The van der Waals surface area contributed by atoms with E-state index < -0.39 is 11.3 Å². The van der Waals surface area contributed by atoms with E-state index in [-0.39, 0.29) is 0 Å². The normalized spacial score (nSPS) is 25.9. The molecule has 2 nitrogen and oxygen atoms in total. The fraction of sp³-hybridized carbons (Fsp3) is 0.700. The molecule has 0 aromatic rings. The van der Waals surface area contributed by atoms with Crippen LogP contribution in [0.5, 0.6) is 0 Å². The first-order valence-corrected chi connectivity index (χ1v) is 5.10. The van der Waals surface area contributed by atoms with Crippen LogP contribution in [0.4, 0.5) is 0 Å². The minimum absolute atomic E-state index is 0.406. The summed E-state index contributed by atoms with van der Waals surface area (Å²) < 4.78 is 0. The van der Waals surface area contributed by atoms with Crippen molar-refractivity contribution in [2.45, 2.75) is 38.5 Å². The fourth-order valence-electron chi connectivity index (χ4n) is 2.01. The topological polar surface area (TPSA) is 43.1 Å². The van der Waals surface area contributed by atoms with Crippen molar-refractivity contribution in [2.24, 2.45) is 11.7 Å². The second-order valence-electron chi connectivity index (χ2n) is 3.79. The Morgan fingerprint density at radius 3 is 2.77 bits per heavy atom. The van der Waals surface area contributed by atoms with E-state index in [4.69, 9.17) is 17.3 Å². The summed E-state index contributed by atoms with van der Waals surface area (Å²) in [5, 5.41) is -0.602. The summed E-state index contributed by atoms with van der Waals surface area (Å²) in [6.45, 7) is 4.15. The predicted molar refractivity (Wildman–Crippen MR) is 54.6 cm³/mol. The lowest BCUT2D eigenvalue weighted by molar-refractivity contribution is -0.117. The zero-order valence-electron chi connectivity index (χ0n) is 8.14.